The number of imidazole rings is 1. The minimum atomic E-state index is -1.20. The molecule has 2 aromatic heterocycles. The highest BCUT2D eigenvalue weighted by molar-refractivity contribution is 5.83. The first-order valence-corrected chi connectivity index (χ1v) is 9.25. The van der Waals surface area contributed by atoms with Crippen LogP contribution in [0.2, 0.25) is 0 Å². The summed E-state index contributed by atoms with van der Waals surface area (Å²) in [4.78, 5) is 29.5. The summed E-state index contributed by atoms with van der Waals surface area (Å²) >= 11 is 0. The Labute approximate surface area is 171 Å². The molecule has 1 aliphatic rings. The monoisotopic (exact) mass is 420 g/mol. The van der Waals surface area contributed by atoms with E-state index < -0.39 is 43.0 Å². The van der Waals surface area contributed by atoms with Crippen molar-refractivity contribution >= 4 is 22.9 Å². The van der Waals surface area contributed by atoms with Crippen molar-refractivity contribution in [1.29, 1.82) is 0 Å². The minimum Gasteiger partial charge on any atom is -0.394 e. The van der Waals surface area contributed by atoms with Crippen molar-refractivity contribution in [3.63, 3.8) is 0 Å². The number of nitrogens with zero attached hydrogens (tertiary/aromatic N) is 8. The second-order valence-corrected chi connectivity index (χ2v) is 7.04. The lowest BCUT2D eigenvalue weighted by Gasteiger charge is -2.22. The third-order valence-corrected chi connectivity index (χ3v) is 4.84. The van der Waals surface area contributed by atoms with Gasteiger partial charge < -0.3 is 30.9 Å². The Bertz CT molecular complexity index is 943. The van der Waals surface area contributed by atoms with Gasteiger partial charge in [0.2, 0.25) is 5.91 Å². The number of rotatable bonds is 8. The van der Waals surface area contributed by atoms with E-state index in [1.165, 1.54) is 17.2 Å². The van der Waals surface area contributed by atoms with Crippen molar-refractivity contribution in [2.24, 2.45) is 10.8 Å². The number of anilines is 1. The number of fused-ring (bicyclic) bond motifs is 1. The van der Waals surface area contributed by atoms with Gasteiger partial charge >= 0.3 is 0 Å². The fourth-order valence-electron chi connectivity index (χ4n) is 3.30. The van der Waals surface area contributed by atoms with Crippen LogP contribution < -0.4 is 16.0 Å². The minimum absolute atomic E-state index is 0.0653. The van der Waals surface area contributed by atoms with Crippen LogP contribution in [0.25, 0.3) is 21.6 Å². The summed E-state index contributed by atoms with van der Waals surface area (Å²) in [6.45, 7) is -0.368. The van der Waals surface area contributed by atoms with E-state index >= 15 is 0 Å². The predicted octanol–water partition coefficient (Wildman–Crippen LogP) is -1.34. The summed E-state index contributed by atoms with van der Waals surface area (Å²) in [5.74, 6) is 0.0448. The summed E-state index contributed by atoms with van der Waals surface area (Å²) in [7, 11) is 3.64. The lowest BCUT2D eigenvalue weighted by Crippen LogP contribution is -2.53. The predicted molar refractivity (Wildman–Crippen MR) is 105 cm³/mol. The van der Waals surface area contributed by atoms with Crippen LogP contribution in [0.5, 0.6) is 0 Å². The van der Waals surface area contributed by atoms with Crippen LogP contribution in [0.1, 0.15) is 12.6 Å². The van der Waals surface area contributed by atoms with Crippen LogP contribution >= 0.6 is 0 Å². The Hall–Kier alpha value is -3.03. The summed E-state index contributed by atoms with van der Waals surface area (Å²) in [5, 5.41) is 26.5. The molecule has 2 aromatic rings. The lowest BCUT2D eigenvalue weighted by atomic mass is 10.1. The van der Waals surface area contributed by atoms with E-state index in [9.17, 15) is 15.0 Å². The summed E-state index contributed by atoms with van der Waals surface area (Å²) in [6.07, 6.45) is -0.0330. The van der Waals surface area contributed by atoms with Crippen LogP contribution in [0, 0.1) is 0 Å². The molecule has 1 aliphatic heterocycles. The number of carbonyl (C=O) groups excluding carboxylic acids is 1. The highest BCUT2D eigenvalue weighted by Gasteiger charge is 2.46. The number of aliphatic hydroxyl groups excluding tert-OH is 2. The third-order valence-electron chi connectivity index (χ3n) is 4.84. The first-order valence-electron chi connectivity index (χ1n) is 9.25. The molecule has 14 heteroatoms. The molecule has 30 heavy (non-hydrogen) atoms. The van der Waals surface area contributed by atoms with Crippen molar-refractivity contribution in [2.75, 3.05) is 32.1 Å². The maximum atomic E-state index is 12.4. The SMILES string of the molecule is CN(C)c1ncnc2c1ncn2C1OC(CO)C(NC(=O)C(N)CCN=[N+]=[N-])C1O. The quantitative estimate of drug-likeness (QED) is 0.226. The second kappa shape index (κ2) is 9.19. The molecule has 0 spiro atoms. The van der Waals surface area contributed by atoms with E-state index in [1.807, 2.05) is 14.1 Å². The molecule has 1 amide bonds. The van der Waals surface area contributed by atoms with Gasteiger partial charge in [0.15, 0.2) is 23.2 Å². The molecule has 3 heterocycles. The van der Waals surface area contributed by atoms with Crippen molar-refractivity contribution in [2.45, 2.75) is 36.9 Å². The summed E-state index contributed by atoms with van der Waals surface area (Å²) in [6, 6.07) is -1.85. The largest absolute Gasteiger partial charge is 0.394 e. The molecule has 0 radical (unpaired) electrons. The first-order chi connectivity index (χ1) is 14.4. The molecule has 5 N–H and O–H groups in total. The Morgan fingerprint density at radius 3 is 2.93 bits per heavy atom. The van der Waals surface area contributed by atoms with Gasteiger partial charge in [-0.3, -0.25) is 9.36 Å². The van der Waals surface area contributed by atoms with E-state index in [1.54, 1.807) is 4.90 Å². The molecule has 0 aromatic carbocycles. The van der Waals surface area contributed by atoms with E-state index in [0.717, 1.165) is 0 Å². The van der Waals surface area contributed by atoms with Crippen molar-refractivity contribution in [1.82, 2.24) is 24.8 Å². The molecule has 1 fully saturated rings. The van der Waals surface area contributed by atoms with Crippen LogP contribution in [0.15, 0.2) is 17.8 Å². The van der Waals surface area contributed by atoms with Gasteiger partial charge in [-0.2, -0.15) is 0 Å². The average Bonchev–Trinajstić information content (AvgIpc) is 3.29. The number of amides is 1. The molecule has 1 saturated heterocycles. The highest BCUT2D eigenvalue weighted by Crippen LogP contribution is 2.32. The number of nitrogens with one attached hydrogen (secondary N) is 1. The molecule has 5 unspecified atom stereocenters. The van der Waals surface area contributed by atoms with E-state index in [2.05, 4.69) is 30.3 Å². The third kappa shape index (κ3) is 4.13. The van der Waals surface area contributed by atoms with E-state index in [4.69, 9.17) is 16.0 Å². The van der Waals surface area contributed by atoms with Gasteiger partial charge in [-0.15, -0.1) is 0 Å². The number of hydrogen-bond donors (Lipinski definition) is 4. The molecule has 3 rings (SSSR count). The van der Waals surface area contributed by atoms with Crippen LogP contribution in [0.3, 0.4) is 0 Å². The zero-order valence-electron chi connectivity index (χ0n) is 16.5. The van der Waals surface area contributed by atoms with Gasteiger partial charge in [0, 0.05) is 25.6 Å². The molecular weight excluding hydrogens is 396 g/mol. The van der Waals surface area contributed by atoms with Gasteiger partial charge in [-0.05, 0) is 12.0 Å². The topological polar surface area (TPSA) is 200 Å². The van der Waals surface area contributed by atoms with Gasteiger partial charge in [-0.25, -0.2) is 15.0 Å². The van der Waals surface area contributed by atoms with Gasteiger partial charge in [0.1, 0.15) is 18.5 Å². The Morgan fingerprint density at radius 1 is 1.50 bits per heavy atom. The Morgan fingerprint density at radius 2 is 2.27 bits per heavy atom. The molecule has 0 bridgehead atoms. The number of nitrogens with two attached hydrogens (primary N) is 1. The number of ether oxygens (including phenoxy) is 1. The average molecular weight is 420 g/mol. The van der Waals surface area contributed by atoms with E-state index in [-0.39, 0.29) is 13.0 Å². The number of azide groups is 1. The van der Waals surface area contributed by atoms with Gasteiger partial charge in [0.05, 0.1) is 25.0 Å². The maximum absolute atomic E-state index is 12.4. The van der Waals surface area contributed by atoms with Crippen molar-refractivity contribution < 1.29 is 19.7 Å². The fourth-order valence-corrected chi connectivity index (χ4v) is 3.30. The zero-order valence-corrected chi connectivity index (χ0v) is 16.5. The smallest absolute Gasteiger partial charge is 0.237 e. The fraction of sp³-hybridized carbons (Fsp3) is 0.625. The summed E-state index contributed by atoms with van der Waals surface area (Å²) in [5.41, 5.74) is 15.1. The van der Waals surface area contributed by atoms with Gasteiger partial charge in [0.25, 0.3) is 0 Å². The molecule has 0 aliphatic carbocycles. The van der Waals surface area contributed by atoms with Crippen molar-refractivity contribution in [3.8, 4) is 0 Å². The van der Waals surface area contributed by atoms with Crippen LogP contribution in [-0.4, -0.2) is 87.2 Å². The van der Waals surface area contributed by atoms with Crippen molar-refractivity contribution in [3.05, 3.63) is 23.1 Å². The zero-order chi connectivity index (χ0) is 21.8. The van der Waals surface area contributed by atoms with Crippen LogP contribution in [-0.2, 0) is 9.53 Å². The molecule has 162 valence electrons. The standard InChI is InChI=1S/C16H24N10O4/c1-25(2)13-11-14(20-6-19-13)26(7-21-11)16-12(28)10(9(5-27)30-16)23-15(29)8(17)3-4-22-24-18/h6-10,12,16,27-28H,3-5,17H2,1-2H3,(H,23,29). The Balaban J connectivity index is 1.81. The summed E-state index contributed by atoms with van der Waals surface area (Å²) < 4.78 is 7.33. The number of aromatic nitrogens is 4. The number of hydrogen-bond acceptors (Lipinski definition) is 10. The number of carbonyl (C=O) groups is 1. The molecule has 14 nitrogen and oxygen atoms in total. The normalized spacial score (nSPS) is 24.4. The molecular formula is C16H24N10O4. The second-order valence-electron chi connectivity index (χ2n) is 7.04. The Kier molecular flexibility index (Phi) is 6.64. The van der Waals surface area contributed by atoms with E-state index in [0.29, 0.717) is 17.0 Å². The maximum Gasteiger partial charge on any atom is 0.237 e. The number of aliphatic hydroxyl groups is 2. The lowest BCUT2D eigenvalue weighted by molar-refractivity contribution is -0.124. The van der Waals surface area contributed by atoms with Crippen LogP contribution in [0.4, 0.5) is 5.82 Å². The molecule has 0 saturated carbocycles. The highest BCUT2D eigenvalue weighted by atomic mass is 16.5. The first kappa shape index (κ1) is 21.7. The molecule has 5 atom stereocenters. The van der Waals surface area contributed by atoms with Gasteiger partial charge in [-0.1, -0.05) is 5.11 Å².